The topological polar surface area (TPSA) is 12.0 Å². The maximum atomic E-state index is 6.04. The van der Waals surface area contributed by atoms with Crippen LogP contribution in [0.15, 0.2) is 24.3 Å². The van der Waals surface area contributed by atoms with E-state index in [0.717, 1.165) is 24.5 Å². The second-order valence-corrected chi connectivity index (χ2v) is 6.33. The van der Waals surface area contributed by atoms with Gasteiger partial charge in [0.15, 0.2) is 0 Å². The first-order valence-corrected chi connectivity index (χ1v) is 7.32. The van der Waals surface area contributed by atoms with Gasteiger partial charge in [-0.2, -0.15) is 0 Å². The maximum Gasteiger partial charge on any atom is 0.0408 e. The summed E-state index contributed by atoms with van der Waals surface area (Å²) in [5, 5.41) is 4.41. The number of hydrogen-bond acceptors (Lipinski definition) is 1. The molecule has 0 bridgehead atoms. The Hall–Kier alpha value is -0.530. The molecule has 1 rings (SSSR count). The fourth-order valence-corrected chi connectivity index (χ4v) is 2.28. The van der Waals surface area contributed by atoms with Gasteiger partial charge in [0.25, 0.3) is 0 Å². The summed E-state index contributed by atoms with van der Waals surface area (Å²) in [7, 11) is 0. The summed E-state index contributed by atoms with van der Waals surface area (Å²) < 4.78 is 0. The minimum atomic E-state index is 0.669. The first-order valence-electron chi connectivity index (χ1n) is 6.94. The van der Waals surface area contributed by atoms with Gasteiger partial charge in [-0.15, -0.1) is 0 Å². The number of rotatable bonds is 7. The van der Waals surface area contributed by atoms with Gasteiger partial charge in [-0.1, -0.05) is 51.4 Å². The first-order chi connectivity index (χ1) is 8.49. The van der Waals surface area contributed by atoms with E-state index >= 15 is 0 Å². The van der Waals surface area contributed by atoms with Crippen LogP contribution < -0.4 is 5.32 Å². The predicted octanol–water partition coefficient (Wildman–Crippen LogP) is 4.40. The summed E-state index contributed by atoms with van der Waals surface area (Å²) in [6.07, 6.45) is 1.10. The van der Waals surface area contributed by atoms with E-state index in [2.05, 4.69) is 45.1 Å². The Labute approximate surface area is 117 Å². The van der Waals surface area contributed by atoms with Crippen LogP contribution in [-0.4, -0.2) is 13.1 Å². The Morgan fingerprint density at radius 2 is 1.83 bits per heavy atom. The molecule has 0 spiro atoms. The van der Waals surface area contributed by atoms with Crippen molar-refractivity contribution in [2.75, 3.05) is 13.1 Å². The van der Waals surface area contributed by atoms with Gasteiger partial charge in [-0.25, -0.2) is 0 Å². The Bertz CT molecular complexity index is 347. The Balaban J connectivity index is 2.52. The van der Waals surface area contributed by atoms with Gasteiger partial charge in [0.05, 0.1) is 0 Å². The van der Waals surface area contributed by atoms with Crippen LogP contribution >= 0.6 is 11.6 Å². The number of nitrogens with one attached hydrogen (secondary N) is 1. The molecule has 1 nitrogen and oxygen atoms in total. The lowest BCUT2D eigenvalue weighted by atomic mass is 9.89. The average Bonchev–Trinajstić information content (AvgIpc) is 2.27. The molecule has 102 valence electrons. The Morgan fingerprint density at radius 1 is 1.11 bits per heavy atom. The van der Waals surface area contributed by atoms with Crippen molar-refractivity contribution in [3.05, 3.63) is 34.9 Å². The van der Waals surface area contributed by atoms with E-state index in [0.29, 0.717) is 17.8 Å². The molecular weight excluding hydrogens is 242 g/mol. The molecular formula is C16H26ClN. The van der Waals surface area contributed by atoms with Crippen molar-refractivity contribution >= 4 is 11.6 Å². The van der Waals surface area contributed by atoms with Gasteiger partial charge in [0.2, 0.25) is 0 Å². The largest absolute Gasteiger partial charge is 0.316 e. The highest BCUT2D eigenvalue weighted by Gasteiger charge is 2.14. The van der Waals surface area contributed by atoms with Crippen LogP contribution in [0.1, 0.15) is 33.3 Å². The molecule has 2 heteroatoms. The number of benzene rings is 1. The minimum Gasteiger partial charge on any atom is -0.316 e. The van der Waals surface area contributed by atoms with Crippen LogP contribution in [0.25, 0.3) is 0 Å². The summed E-state index contributed by atoms with van der Waals surface area (Å²) in [5.41, 5.74) is 1.34. The molecule has 1 N–H and O–H groups in total. The van der Waals surface area contributed by atoms with Gasteiger partial charge < -0.3 is 5.32 Å². The molecule has 0 saturated heterocycles. The summed E-state index contributed by atoms with van der Waals surface area (Å²) in [4.78, 5) is 0. The van der Waals surface area contributed by atoms with Crippen LogP contribution in [0, 0.1) is 17.8 Å². The van der Waals surface area contributed by atoms with Crippen LogP contribution in [0.5, 0.6) is 0 Å². The second-order valence-electron chi connectivity index (χ2n) is 5.89. The molecule has 0 saturated carbocycles. The lowest BCUT2D eigenvalue weighted by Gasteiger charge is -2.22. The molecule has 1 aromatic rings. The zero-order chi connectivity index (χ0) is 13.5. The lowest BCUT2D eigenvalue weighted by molar-refractivity contribution is 0.352. The smallest absolute Gasteiger partial charge is 0.0408 e. The molecule has 0 aliphatic rings. The highest BCUT2D eigenvalue weighted by molar-refractivity contribution is 6.30. The maximum absolute atomic E-state index is 6.04. The molecule has 0 heterocycles. The van der Waals surface area contributed by atoms with Crippen molar-refractivity contribution in [3.8, 4) is 0 Å². The van der Waals surface area contributed by atoms with Gasteiger partial charge >= 0.3 is 0 Å². The normalized spacial score (nSPS) is 13.3. The van der Waals surface area contributed by atoms with E-state index in [1.54, 1.807) is 0 Å². The lowest BCUT2D eigenvalue weighted by Crippen LogP contribution is -2.30. The van der Waals surface area contributed by atoms with E-state index in [1.807, 2.05) is 12.1 Å². The van der Waals surface area contributed by atoms with Gasteiger partial charge in [-0.3, -0.25) is 0 Å². The van der Waals surface area contributed by atoms with E-state index in [-0.39, 0.29) is 0 Å². The highest BCUT2D eigenvalue weighted by atomic mass is 35.5. The fourth-order valence-electron chi connectivity index (χ4n) is 2.07. The van der Waals surface area contributed by atoms with Crippen LogP contribution in [0.2, 0.25) is 5.02 Å². The molecule has 1 aromatic carbocycles. The standard InChI is InChI=1S/C16H26ClN/c1-12(2)10-18-11-15(13(3)4)8-14-6-5-7-16(17)9-14/h5-7,9,12-13,15,18H,8,10-11H2,1-4H3. The Morgan fingerprint density at radius 3 is 2.39 bits per heavy atom. The van der Waals surface area contributed by atoms with Crippen molar-refractivity contribution in [3.63, 3.8) is 0 Å². The molecule has 0 radical (unpaired) electrons. The molecule has 0 amide bonds. The third-order valence-electron chi connectivity index (χ3n) is 3.29. The molecule has 18 heavy (non-hydrogen) atoms. The van der Waals surface area contributed by atoms with Crippen molar-refractivity contribution in [2.45, 2.75) is 34.1 Å². The Kier molecular flexibility index (Phi) is 6.73. The molecule has 0 fully saturated rings. The first kappa shape index (κ1) is 15.5. The quantitative estimate of drug-likeness (QED) is 0.772. The zero-order valence-corrected chi connectivity index (χ0v) is 12.8. The molecule has 1 unspecified atom stereocenters. The van der Waals surface area contributed by atoms with Gasteiger partial charge in [-0.05, 0) is 55.0 Å². The molecule has 0 aliphatic heterocycles. The van der Waals surface area contributed by atoms with E-state index in [4.69, 9.17) is 11.6 Å². The van der Waals surface area contributed by atoms with E-state index in [1.165, 1.54) is 5.56 Å². The van der Waals surface area contributed by atoms with Crippen LogP contribution in [0.4, 0.5) is 0 Å². The predicted molar refractivity (Wildman–Crippen MR) is 81.2 cm³/mol. The van der Waals surface area contributed by atoms with Gasteiger partial charge in [0.1, 0.15) is 0 Å². The van der Waals surface area contributed by atoms with Crippen molar-refractivity contribution in [2.24, 2.45) is 17.8 Å². The third-order valence-corrected chi connectivity index (χ3v) is 3.52. The van der Waals surface area contributed by atoms with Crippen LogP contribution in [-0.2, 0) is 6.42 Å². The highest BCUT2D eigenvalue weighted by Crippen LogP contribution is 2.19. The second kappa shape index (κ2) is 7.81. The summed E-state index contributed by atoms with van der Waals surface area (Å²) in [6.45, 7) is 11.3. The minimum absolute atomic E-state index is 0.669. The van der Waals surface area contributed by atoms with Crippen LogP contribution in [0.3, 0.4) is 0 Å². The number of halogens is 1. The summed E-state index contributed by atoms with van der Waals surface area (Å²) in [6, 6.07) is 8.23. The monoisotopic (exact) mass is 267 g/mol. The molecule has 0 aliphatic carbocycles. The number of hydrogen-bond donors (Lipinski definition) is 1. The summed E-state index contributed by atoms with van der Waals surface area (Å²) in [5.74, 6) is 2.06. The SMILES string of the molecule is CC(C)CNCC(Cc1cccc(Cl)c1)C(C)C. The summed E-state index contributed by atoms with van der Waals surface area (Å²) >= 11 is 6.04. The molecule has 1 atom stereocenters. The van der Waals surface area contributed by atoms with Crippen molar-refractivity contribution < 1.29 is 0 Å². The third kappa shape index (κ3) is 5.88. The average molecular weight is 268 g/mol. The van der Waals surface area contributed by atoms with Crippen molar-refractivity contribution in [1.82, 2.24) is 5.32 Å². The zero-order valence-electron chi connectivity index (χ0n) is 12.0. The fraction of sp³-hybridized carbons (Fsp3) is 0.625. The molecule has 0 aromatic heterocycles. The van der Waals surface area contributed by atoms with E-state index in [9.17, 15) is 0 Å². The van der Waals surface area contributed by atoms with E-state index < -0.39 is 0 Å². The van der Waals surface area contributed by atoms with Gasteiger partial charge in [0, 0.05) is 5.02 Å². The van der Waals surface area contributed by atoms with Crippen molar-refractivity contribution in [1.29, 1.82) is 0 Å².